The molecule has 2 aliphatic rings. The van der Waals surface area contributed by atoms with Crippen molar-refractivity contribution in [1.82, 2.24) is 5.32 Å². The Morgan fingerprint density at radius 2 is 1.95 bits per heavy atom. The van der Waals surface area contributed by atoms with E-state index in [4.69, 9.17) is 0 Å². The lowest BCUT2D eigenvalue weighted by atomic mass is 10.2. The summed E-state index contributed by atoms with van der Waals surface area (Å²) in [5.41, 5.74) is 0.876. The highest BCUT2D eigenvalue weighted by Gasteiger charge is 2.28. The summed E-state index contributed by atoms with van der Waals surface area (Å²) in [4.78, 5) is 2.75. The van der Waals surface area contributed by atoms with E-state index in [2.05, 4.69) is 10.2 Å². The third-order valence-electron chi connectivity index (χ3n) is 4.38. The number of benzene rings is 1. The molecular formula is C16H24N2O2S. The number of sulfone groups is 1. The van der Waals surface area contributed by atoms with Crippen LogP contribution < -0.4 is 10.2 Å². The van der Waals surface area contributed by atoms with Gasteiger partial charge in [-0.25, -0.2) is 8.42 Å². The minimum atomic E-state index is -3.19. The van der Waals surface area contributed by atoms with Gasteiger partial charge in [-0.3, -0.25) is 0 Å². The molecule has 1 N–H and O–H groups in total. The van der Waals surface area contributed by atoms with Crippen molar-refractivity contribution in [1.29, 1.82) is 0 Å². The molecule has 1 aliphatic heterocycles. The summed E-state index contributed by atoms with van der Waals surface area (Å²) in [6.45, 7) is 2.96. The van der Waals surface area contributed by atoms with Crippen molar-refractivity contribution in [3.05, 3.63) is 24.3 Å². The molecule has 1 heterocycles. The van der Waals surface area contributed by atoms with Gasteiger partial charge in [-0.2, -0.15) is 0 Å². The van der Waals surface area contributed by atoms with Crippen LogP contribution in [0, 0.1) is 5.92 Å². The van der Waals surface area contributed by atoms with Crippen LogP contribution in [0.15, 0.2) is 29.2 Å². The first kappa shape index (κ1) is 14.9. The molecule has 0 spiro atoms. The van der Waals surface area contributed by atoms with E-state index in [1.165, 1.54) is 31.9 Å². The maximum Gasteiger partial charge on any atom is 0.177 e. The number of nitrogens with one attached hydrogen (secondary N) is 1. The average Bonchev–Trinajstić information content (AvgIpc) is 3.11. The number of hydrogen-bond donors (Lipinski definition) is 1. The molecule has 1 saturated heterocycles. The van der Waals surface area contributed by atoms with Gasteiger partial charge in [0.25, 0.3) is 0 Å². The van der Waals surface area contributed by atoms with E-state index in [-0.39, 0.29) is 0 Å². The van der Waals surface area contributed by atoms with Crippen molar-refractivity contribution in [3.8, 4) is 0 Å². The van der Waals surface area contributed by atoms with Crippen LogP contribution in [0.3, 0.4) is 0 Å². The standard InChI is InChI=1S/C16H24N2O2S/c1-21(19,20)16-7-3-2-6-15(16)18(11-13-8-9-13)12-14-5-4-10-17-14/h2-3,6-7,13-14,17H,4-5,8-12H2,1H3. The van der Waals surface area contributed by atoms with Crippen molar-refractivity contribution >= 4 is 15.5 Å². The minimum absolute atomic E-state index is 0.462. The van der Waals surface area contributed by atoms with Gasteiger partial charge in [0.15, 0.2) is 9.84 Å². The quantitative estimate of drug-likeness (QED) is 0.874. The highest BCUT2D eigenvalue weighted by Crippen LogP contribution is 2.34. The van der Waals surface area contributed by atoms with E-state index >= 15 is 0 Å². The topological polar surface area (TPSA) is 49.4 Å². The summed E-state index contributed by atoms with van der Waals surface area (Å²) < 4.78 is 24.1. The van der Waals surface area contributed by atoms with Gasteiger partial charge in [0, 0.05) is 25.4 Å². The molecule has 0 bridgehead atoms. The van der Waals surface area contributed by atoms with E-state index < -0.39 is 9.84 Å². The number of anilines is 1. The molecule has 21 heavy (non-hydrogen) atoms. The molecule has 4 nitrogen and oxygen atoms in total. The Labute approximate surface area is 127 Å². The van der Waals surface area contributed by atoms with Crippen LogP contribution in [-0.2, 0) is 9.84 Å². The lowest BCUT2D eigenvalue weighted by Crippen LogP contribution is -2.39. The second kappa shape index (κ2) is 5.97. The second-order valence-corrected chi connectivity index (χ2v) is 8.37. The zero-order chi connectivity index (χ0) is 14.9. The van der Waals surface area contributed by atoms with Crippen molar-refractivity contribution in [2.24, 2.45) is 5.92 Å². The molecular weight excluding hydrogens is 284 g/mol. The van der Waals surface area contributed by atoms with Gasteiger partial charge in [0.2, 0.25) is 0 Å². The first-order valence-electron chi connectivity index (χ1n) is 7.81. The SMILES string of the molecule is CS(=O)(=O)c1ccccc1N(CC1CC1)CC1CCCN1. The van der Waals surface area contributed by atoms with E-state index in [0.29, 0.717) is 10.9 Å². The maximum atomic E-state index is 12.1. The van der Waals surface area contributed by atoms with Gasteiger partial charge >= 0.3 is 0 Å². The highest BCUT2D eigenvalue weighted by atomic mass is 32.2. The molecule has 1 aromatic carbocycles. The lowest BCUT2D eigenvalue weighted by Gasteiger charge is -2.29. The summed E-state index contributed by atoms with van der Waals surface area (Å²) >= 11 is 0. The number of hydrogen-bond acceptors (Lipinski definition) is 4. The molecule has 1 unspecified atom stereocenters. The molecule has 1 saturated carbocycles. The maximum absolute atomic E-state index is 12.1. The van der Waals surface area contributed by atoms with Crippen molar-refractivity contribution < 1.29 is 8.42 Å². The predicted molar refractivity (Wildman–Crippen MR) is 85.5 cm³/mol. The van der Waals surface area contributed by atoms with Gasteiger partial charge in [0.1, 0.15) is 0 Å². The molecule has 0 amide bonds. The Balaban J connectivity index is 1.87. The first-order valence-corrected chi connectivity index (χ1v) is 9.70. The average molecular weight is 308 g/mol. The fraction of sp³-hybridized carbons (Fsp3) is 0.625. The number of para-hydroxylation sites is 1. The molecule has 1 aromatic rings. The molecule has 1 atom stereocenters. The van der Waals surface area contributed by atoms with E-state index in [1.807, 2.05) is 18.2 Å². The summed E-state index contributed by atoms with van der Waals surface area (Å²) in [5.74, 6) is 0.735. The van der Waals surface area contributed by atoms with Crippen LogP contribution in [0.5, 0.6) is 0 Å². The van der Waals surface area contributed by atoms with E-state index in [0.717, 1.165) is 31.2 Å². The van der Waals surface area contributed by atoms with Gasteiger partial charge in [0.05, 0.1) is 10.6 Å². The van der Waals surface area contributed by atoms with Gasteiger partial charge in [-0.05, 0) is 50.3 Å². The van der Waals surface area contributed by atoms with E-state index in [9.17, 15) is 8.42 Å². The van der Waals surface area contributed by atoms with E-state index in [1.54, 1.807) is 6.07 Å². The van der Waals surface area contributed by atoms with Crippen molar-refractivity contribution in [2.45, 2.75) is 36.6 Å². The van der Waals surface area contributed by atoms with Gasteiger partial charge in [-0.1, -0.05) is 12.1 Å². The molecule has 0 aromatic heterocycles. The Hall–Kier alpha value is -1.07. The summed E-state index contributed by atoms with van der Waals surface area (Å²) in [6, 6.07) is 7.91. The fourth-order valence-corrected chi connectivity index (χ4v) is 4.00. The zero-order valence-electron chi connectivity index (χ0n) is 12.6. The minimum Gasteiger partial charge on any atom is -0.369 e. The van der Waals surface area contributed by atoms with Crippen LogP contribution in [0.25, 0.3) is 0 Å². The Bertz CT molecular complexity index is 590. The third kappa shape index (κ3) is 3.77. The molecule has 2 fully saturated rings. The summed E-state index contributed by atoms with van der Waals surface area (Å²) in [6.07, 6.45) is 6.25. The Morgan fingerprint density at radius 1 is 1.19 bits per heavy atom. The number of rotatable bonds is 6. The molecule has 5 heteroatoms. The first-order chi connectivity index (χ1) is 10.0. The van der Waals surface area contributed by atoms with Crippen LogP contribution in [0.4, 0.5) is 5.69 Å². The zero-order valence-corrected chi connectivity index (χ0v) is 13.4. The molecule has 1 aliphatic carbocycles. The lowest BCUT2D eigenvalue weighted by molar-refractivity contribution is 0.566. The predicted octanol–water partition coefficient (Wildman–Crippen LogP) is 2.06. The highest BCUT2D eigenvalue weighted by molar-refractivity contribution is 7.90. The van der Waals surface area contributed by atoms with Crippen molar-refractivity contribution in [2.75, 3.05) is 30.8 Å². The van der Waals surface area contributed by atoms with Crippen LogP contribution in [0.2, 0.25) is 0 Å². The third-order valence-corrected chi connectivity index (χ3v) is 5.53. The van der Waals surface area contributed by atoms with Crippen LogP contribution in [-0.4, -0.2) is 40.3 Å². The smallest absolute Gasteiger partial charge is 0.177 e. The summed E-state index contributed by atoms with van der Waals surface area (Å²) in [7, 11) is -3.19. The van der Waals surface area contributed by atoms with Crippen LogP contribution >= 0.6 is 0 Å². The normalized spacial score (nSPS) is 22.4. The summed E-state index contributed by atoms with van der Waals surface area (Å²) in [5, 5.41) is 3.52. The molecule has 3 rings (SSSR count). The van der Waals surface area contributed by atoms with Crippen LogP contribution in [0.1, 0.15) is 25.7 Å². The number of nitrogens with zero attached hydrogens (tertiary/aromatic N) is 1. The molecule has 116 valence electrons. The van der Waals surface area contributed by atoms with Gasteiger partial charge in [-0.15, -0.1) is 0 Å². The Morgan fingerprint density at radius 3 is 2.57 bits per heavy atom. The second-order valence-electron chi connectivity index (χ2n) is 6.38. The van der Waals surface area contributed by atoms with Crippen molar-refractivity contribution in [3.63, 3.8) is 0 Å². The Kier molecular flexibility index (Phi) is 4.22. The fourth-order valence-electron chi connectivity index (χ4n) is 3.09. The molecule has 0 radical (unpaired) electrons. The largest absolute Gasteiger partial charge is 0.369 e. The van der Waals surface area contributed by atoms with Gasteiger partial charge < -0.3 is 10.2 Å². The monoisotopic (exact) mass is 308 g/mol.